The van der Waals surface area contributed by atoms with E-state index in [0.717, 1.165) is 41.2 Å². The Balaban J connectivity index is 1.74. The van der Waals surface area contributed by atoms with Crippen molar-refractivity contribution < 1.29 is 24.3 Å². The van der Waals surface area contributed by atoms with Gasteiger partial charge in [-0.3, -0.25) is 19.2 Å². The molecule has 45 heavy (non-hydrogen) atoms. The summed E-state index contributed by atoms with van der Waals surface area (Å²) < 4.78 is 0. The number of carbonyl (C=O) groups excluding carboxylic acids is 4. The van der Waals surface area contributed by atoms with E-state index in [1.807, 2.05) is 70.2 Å². The molecule has 0 aliphatic carbocycles. The molecule has 0 spiro atoms. The van der Waals surface area contributed by atoms with E-state index in [0.29, 0.717) is 13.0 Å². The number of benzene rings is 3. The van der Waals surface area contributed by atoms with Crippen LogP contribution in [0.4, 0.5) is 0 Å². The maximum Gasteiger partial charge on any atom is 0.243 e. The van der Waals surface area contributed by atoms with Crippen LogP contribution in [-0.4, -0.2) is 59.8 Å². The zero-order chi connectivity index (χ0) is 32.8. The number of rotatable bonds is 18. The minimum atomic E-state index is -0.943. The molecule has 3 amide bonds. The van der Waals surface area contributed by atoms with Gasteiger partial charge in [-0.05, 0) is 46.9 Å². The molecule has 242 valence electrons. The minimum Gasteiger partial charge on any atom is -0.508 e. The maximum absolute atomic E-state index is 13.7. The lowest BCUT2D eigenvalue weighted by molar-refractivity contribution is -0.132. The van der Waals surface area contributed by atoms with Crippen LogP contribution in [0.25, 0.3) is 10.8 Å². The summed E-state index contributed by atoms with van der Waals surface area (Å²) in [7, 11) is 0. The molecule has 0 radical (unpaired) electrons. The van der Waals surface area contributed by atoms with Gasteiger partial charge in [0.05, 0.1) is 6.54 Å². The first-order valence-corrected chi connectivity index (χ1v) is 15.9. The Morgan fingerprint density at radius 3 is 2.04 bits per heavy atom. The number of hydrogen-bond donors (Lipinski definition) is 5. The van der Waals surface area contributed by atoms with Gasteiger partial charge in [-0.15, -0.1) is 0 Å². The highest BCUT2D eigenvalue weighted by Crippen LogP contribution is 2.17. The van der Waals surface area contributed by atoms with Gasteiger partial charge in [0.25, 0.3) is 0 Å². The number of Topliss-reactive ketones (excluding diaryl/α,β-unsaturated/α-hetero) is 1. The van der Waals surface area contributed by atoms with Gasteiger partial charge in [0.15, 0.2) is 0 Å². The molecule has 2 atom stereocenters. The number of hydrogen-bond acceptors (Lipinski definition) is 6. The molecule has 0 aromatic heterocycles. The average Bonchev–Trinajstić information content (AvgIpc) is 3.01. The summed E-state index contributed by atoms with van der Waals surface area (Å²) in [5.41, 5.74) is 1.64. The summed E-state index contributed by atoms with van der Waals surface area (Å²) in [5, 5.41) is 23.6. The van der Waals surface area contributed by atoms with Crippen LogP contribution in [0.3, 0.4) is 0 Å². The molecule has 3 rings (SSSR count). The third-order valence-electron chi connectivity index (χ3n) is 7.63. The number of phenolic OH excluding ortho intramolecular Hbond substituents is 1. The van der Waals surface area contributed by atoms with Gasteiger partial charge in [-0.1, -0.05) is 88.7 Å². The first-order valence-electron chi connectivity index (χ1n) is 15.9. The molecule has 0 saturated heterocycles. The van der Waals surface area contributed by atoms with Gasteiger partial charge < -0.3 is 26.4 Å². The summed E-state index contributed by atoms with van der Waals surface area (Å²) in [4.78, 5) is 51.9. The summed E-state index contributed by atoms with van der Waals surface area (Å²) in [6.07, 6.45) is 3.28. The fourth-order valence-corrected chi connectivity index (χ4v) is 4.93. The van der Waals surface area contributed by atoms with E-state index in [1.54, 1.807) is 12.1 Å². The molecule has 3 aromatic rings. The molecule has 0 bridgehead atoms. The van der Waals surface area contributed by atoms with E-state index in [1.165, 1.54) is 12.1 Å². The lowest BCUT2D eigenvalue weighted by Gasteiger charge is -2.24. The normalized spacial score (nSPS) is 12.6. The van der Waals surface area contributed by atoms with Crippen molar-refractivity contribution in [3.8, 4) is 5.75 Å². The number of aromatic hydroxyl groups is 1. The molecular formula is C36H48N4O5. The lowest BCUT2D eigenvalue weighted by Crippen LogP contribution is -2.56. The standard InChI is InChI=1S/C36H48N4O5/c1-24(2)33(42)12-6-5-9-19-37-35(44)31(22-27-13-16-28-10-7-8-11-29(28)20-27)40-36(45)32(39-34(43)23-38-25(3)4)21-26-14-17-30(41)18-15-26/h7-8,10-11,13-18,20,24-25,31-32,38,41H,5-6,9,12,19,21-23H2,1-4H3,(H,37,44)(H,39,43)(H,40,45)/t31-,32?/m0/s1. The molecule has 1 unspecified atom stereocenters. The van der Waals surface area contributed by atoms with Gasteiger partial charge in [0.1, 0.15) is 23.6 Å². The quantitative estimate of drug-likeness (QED) is 0.136. The van der Waals surface area contributed by atoms with Crippen LogP contribution >= 0.6 is 0 Å². The van der Waals surface area contributed by atoms with Crippen molar-refractivity contribution in [2.45, 2.75) is 84.3 Å². The van der Waals surface area contributed by atoms with E-state index in [2.05, 4.69) is 21.3 Å². The van der Waals surface area contributed by atoms with Crippen LogP contribution < -0.4 is 21.3 Å². The molecular weight excluding hydrogens is 568 g/mol. The number of unbranched alkanes of at least 4 members (excludes halogenated alkanes) is 2. The predicted molar refractivity (Wildman–Crippen MR) is 178 cm³/mol. The van der Waals surface area contributed by atoms with E-state index in [-0.39, 0.29) is 54.7 Å². The second kappa shape index (κ2) is 17.9. The number of nitrogens with one attached hydrogen (secondary N) is 4. The zero-order valence-electron chi connectivity index (χ0n) is 26.9. The Morgan fingerprint density at radius 1 is 0.711 bits per heavy atom. The van der Waals surface area contributed by atoms with Gasteiger partial charge in [-0.25, -0.2) is 0 Å². The summed E-state index contributed by atoms with van der Waals surface area (Å²) in [5.74, 6) is -0.762. The molecule has 0 aliphatic heterocycles. The molecule has 0 saturated carbocycles. The second-order valence-corrected chi connectivity index (χ2v) is 12.2. The third kappa shape index (κ3) is 12.3. The van der Waals surface area contributed by atoms with Crippen molar-refractivity contribution in [1.29, 1.82) is 0 Å². The second-order valence-electron chi connectivity index (χ2n) is 12.2. The molecule has 0 fully saturated rings. The monoisotopic (exact) mass is 616 g/mol. The Hall–Kier alpha value is -4.24. The molecule has 5 N–H and O–H groups in total. The Bertz CT molecular complexity index is 1420. The van der Waals surface area contributed by atoms with Crippen molar-refractivity contribution in [2.24, 2.45) is 5.92 Å². The number of ketones is 1. The smallest absolute Gasteiger partial charge is 0.243 e. The van der Waals surface area contributed by atoms with Crippen LogP contribution in [0.2, 0.25) is 0 Å². The fraction of sp³-hybridized carbons (Fsp3) is 0.444. The zero-order valence-corrected chi connectivity index (χ0v) is 26.9. The third-order valence-corrected chi connectivity index (χ3v) is 7.63. The Kier molecular flexibility index (Phi) is 14.0. The van der Waals surface area contributed by atoms with Gasteiger partial charge in [-0.2, -0.15) is 0 Å². The van der Waals surface area contributed by atoms with Crippen molar-refractivity contribution >= 4 is 34.3 Å². The number of fused-ring (bicyclic) bond motifs is 1. The van der Waals surface area contributed by atoms with E-state index in [9.17, 15) is 24.3 Å². The first kappa shape index (κ1) is 35.2. The summed E-state index contributed by atoms with van der Waals surface area (Å²) in [6, 6.07) is 18.6. The fourth-order valence-electron chi connectivity index (χ4n) is 4.93. The topological polar surface area (TPSA) is 137 Å². The van der Waals surface area contributed by atoms with Crippen LogP contribution in [0.5, 0.6) is 5.75 Å². The van der Waals surface area contributed by atoms with Crippen molar-refractivity contribution in [3.63, 3.8) is 0 Å². The number of phenols is 1. The Labute approximate surface area is 266 Å². The highest BCUT2D eigenvalue weighted by atomic mass is 16.3. The lowest BCUT2D eigenvalue weighted by atomic mass is 10.00. The molecule has 9 heteroatoms. The van der Waals surface area contributed by atoms with E-state index >= 15 is 0 Å². The molecule has 0 aliphatic rings. The highest BCUT2D eigenvalue weighted by Gasteiger charge is 2.27. The molecule has 0 heterocycles. The number of carbonyl (C=O) groups is 4. The Morgan fingerprint density at radius 2 is 1.36 bits per heavy atom. The van der Waals surface area contributed by atoms with Crippen LogP contribution in [-0.2, 0) is 32.0 Å². The number of amides is 3. The van der Waals surface area contributed by atoms with Crippen LogP contribution in [0.1, 0.15) is 64.5 Å². The highest BCUT2D eigenvalue weighted by molar-refractivity contribution is 5.93. The largest absolute Gasteiger partial charge is 0.508 e. The summed E-state index contributed by atoms with van der Waals surface area (Å²) in [6.45, 7) is 8.11. The summed E-state index contributed by atoms with van der Waals surface area (Å²) >= 11 is 0. The molecule has 9 nitrogen and oxygen atoms in total. The average molecular weight is 617 g/mol. The van der Waals surface area contributed by atoms with Gasteiger partial charge >= 0.3 is 0 Å². The first-order chi connectivity index (χ1) is 21.5. The minimum absolute atomic E-state index is 0.0262. The van der Waals surface area contributed by atoms with Crippen LogP contribution in [0.15, 0.2) is 66.7 Å². The predicted octanol–water partition coefficient (Wildman–Crippen LogP) is 4.20. The SMILES string of the molecule is CC(C)NCC(=O)NC(Cc1ccc(O)cc1)C(=O)N[C@@H](Cc1ccc2ccccc2c1)C(=O)NCCCCCC(=O)C(C)C. The van der Waals surface area contributed by atoms with Gasteiger partial charge in [0, 0.05) is 37.8 Å². The van der Waals surface area contributed by atoms with Crippen LogP contribution in [0, 0.1) is 5.92 Å². The maximum atomic E-state index is 13.7. The van der Waals surface area contributed by atoms with Crippen molar-refractivity contribution in [2.75, 3.05) is 13.1 Å². The van der Waals surface area contributed by atoms with Crippen molar-refractivity contribution in [1.82, 2.24) is 21.3 Å². The van der Waals surface area contributed by atoms with E-state index < -0.39 is 18.0 Å². The molecule has 3 aromatic carbocycles. The van der Waals surface area contributed by atoms with E-state index in [4.69, 9.17) is 0 Å². The van der Waals surface area contributed by atoms with Crippen molar-refractivity contribution in [3.05, 3.63) is 77.9 Å². The van der Waals surface area contributed by atoms with Gasteiger partial charge in [0.2, 0.25) is 17.7 Å².